The highest BCUT2D eigenvalue weighted by molar-refractivity contribution is 5.92. The fourth-order valence-corrected chi connectivity index (χ4v) is 2.73. The van der Waals surface area contributed by atoms with Gasteiger partial charge >= 0.3 is 12.1 Å². The van der Waals surface area contributed by atoms with E-state index in [9.17, 15) is 32.0 Å². The molecule has 6 nitrogen and oxygen atoms in total. The minimum atomic E-state index is -4.81. The van der Waals surface area contributed by atoms with Crippen LogP contribution in [0.3, 0.4) is 0 Å². The van der Waals surface area contributed by atoms with Crippen LogP contribution in [0.15, 0.2) is 34.9 Å². The number of hydrogen-bond donors (Lipinski definition) is 1. The molecule has 0 aromatic heterocycles. The number of nitrogens with two attached hydrogens (primary N) is 1. The topological polar surface area (TPSA) is 94.6 Å². The molecule has 156 valence electrons. The molecule has 0 fully saturated rings. The summed E-state index contributed by atoms with van der Waals surface area (Å²) >= 11 is 0. The second-order valence-corrected chi connectivity index (χ2v) is 5.83. The van der Waals surface area contributed by atoms with E-state index in [0.717, 1.165) is 0 Å². The van der Waals surface area contributed by atoms with Gasteiger partial charge in [0.05, 0.1) is 18.1 Å². The van der Waals surface area contributed by atoms with Gasteiger partial charge in [0, 0.05) is 0 Å². The van der Waals surface area contributed by atoms with Gasteiger partial charge in [-0.1, -0.05) is 0 Å². The first-order chi connectivity index (χ1) is 13.5. The lowest BCUT2D eigenvalue weighted by Crippen LogP contribution is -2.26. The van der Waals surface area contributed by atoms with E-state index in [1.807, 2.05) is 0 Å². The molecule has 0 aliphatic carbocycles. The molecule has 1 aromatic carbocycles. The maximum Gasteiger partial charge on any atom is 0.422 e. The van der Waals surface area contributed by atoms with Crippen LogP contribution < -0.4 is 10.5 Å². The number of alkyl halides is 3. The van der Waals surface area contributed by atoms with E-state index in [1.54, 1.807) is 6.07 Å². The quantitative estimate of drug-likeness (QED) is 0.581. The lowest BCUT2D eigenvalue weighted by atomic mass is 9.83. The van der Waals surface area contributed by atoms with Crippen molar-refractivity contribution in [3.8, 4) is 11.8 Å². The summed E-state index contributed by atoms with van der Waals surface area (Å²) in [5, 5.41) is 9.40. The SMILES string of the molecule is CCOC(=O)C1=C(C)OC(N)=C(C#N)C1c1cc(F)c(OCC(F)(F)F)c(F)c1. The highest BCUT2D eigenvalue weighted by Gasteiger charge is 2.37. The zero-order valence-electron chi connectivity index (χ0n) is 15.2. The molecule has 1 aliphatic heterocycles. The molecule has 11 heteroatoms. The third-order valence-corrected chi connectivity index (χ3v) is 3.84. The first kappa shape index (κ1) is 22.0. The maximum absolute atomic E-state index is 14.3. The number of hydrogen-bond acceptors (Lipinski definition) is 6. The molecule has 1 atom stereocenters. The minimum Gasteiger partial charge on any atom is -0.478 e. The lowest BCUT2D eigenvalue weighted by molar-refractivity contribution is -0.154. The number of allylic oxidation sites excluding steroid dienone is 2. The van der Waals surface area contributed by atoms with Crippen molar-refractivity contribution in [2.45, 2.75) is 25.9 Å². The number of ether oxygens (including phenoxy) is 3. The van der Waals surface area contributed by atoms with E-state index in [-0.39, 0.29) is 35.0 Å². The maximum atomic E-state index is 14.3. The number of halogens is 5. The summed E-state index contributed by atoms with van der Waals surface area (Å²) in [4.78, 5) is 12.3. The van der Waals surface area contributed by atoms with Gasteiger partial charge in [0.2, 0.25) is 5.88 Å². The zero-order chi connectivity index (χ0) is 21.9. The van der Waals surface area contributed by atoms with Gasteiger partial charge in [-0.3, -0.25) is 0 Å². The van der Waals surface area contributed by atoms with Crippen LogP contribution in [0.2, 0.25) is 0 Å². The van der Waals surface area contributed by atoms with E-state index in [4.69, 9.17) is 15.2 Å². The third-order valence-electron chi connectivity index (χ3n) is 3.84. The second-order valence-electron chi connectivity index (χ2n) is 5.83. The summed E-state index contributed by atoms with van der Waals surface area (Å²) in [7, 11) is 0. The molecule has 29 heavy (non-hydrogen) atoms. The Hall–Kier alpha value is -3.29. The summed E-state index contributed by atoms with van der Waals surface area (Å²) in [6, 6.07) is 3.02. The molecule has 0 radical (unpaired) electrons. The van der Waals surface area contributed by atoms with Gasteiger partial charge in [0.15, 0.2) is 24.0 Å². The van der Waals surface area contributed by atoms with E-state index in [0.29, 0.717) is 12.1 Å². The highest BCUT2D eigenvalue weighted by Crippen LogP contribution is 2.41. The summed E-state index contributed by atoms with van der Waals surface area (Å²) in [6.45, 7) is 0.930. The van der Waals surface area contributed by atoms with Crippen LogP contribution >= 0.6 is 0 Å². The smallest absolute Gasteiger partial charge is 0.422 e. The monoisotopic (exact) mass is 418 g/mol. The molecule has 1 unspecified atom stereocenters. The zero-order valence-corrected chi connectivity index (χ0v) is 15.2. The Balaban J connectivity index is 2.57. The fraction of sp³-hybridized carbons (Fsp3) is 0.333. The van der Waals surface area contributed by atoms with Crippen LogP contribution in [0.1, 0.15) is 25.3 Å². The molecule has 0 saturated carbocycles. The van der Waals surface area contributed by atoms with Crippen LogP contribution in [0.4, 0.5) is 22.0 Å². The molecule has 2 N–H and O–H groups in total. The number of nitriles is 1. The normalized spacial score (nSPS) is 17.0. The van der Waals surface area contributed by atoms with Crippen molar-refractivity contribution >= 4 is 5.97 Å². The summed E-state index contributed by atoms with van der Waals surface area (Å²) in [5.74, 6) is -6.85. The highest BCUT2D eigenvalue weighted by atomic mass is 19.4. The molecule has 0 saturated heterocycles. The Morgan fingerprint density at radius 1 is 1.31 bits per heavy atom. The van der Waals surface area contributed by atoms with E-state index in [2.05, 4.69) is 4.74 Å². The largest absolute Gasteiger partial charge is 0.478 e. The van der Waals surface area contributed by atoms with Crippen LogP contribution in [0.25, 0.3) is 0 Å². The number of rotatable bonds is 5. The van der Waals surface area contributed by atoms with Crippen molar-refractivity contribution in [1.82, 2.24) is 0 Å². The molecular formula is C18H15F5N2O4. The van der Waals surface area contributed by atoms with Gasteiger partial charge in [-0.2, -0.15) is 18.4 Å². The number of carbonyl (C=O) groups excluding carboxylic acids is 1. The first-order valence-corrected chi connectivity index (χ1v) is 8.14. The van der Waals surface area contributed by atoms with Gasteiger partial charge in [-0.25, -0.2) is 13.6 Å². The van der Waals surface area contributed by atoms with E-state index >= 15 is 0 Å². The van der Waals surface area contributed by atoms with Crippen LogP contribution in [-0.2, 0) is 14.3 Å². The molecule has 1 aromatic rings. The number of nitrogens with zero attached hydrogens (tertiary/aromatic N) is 1. The van der Waals surface area contributed by atoms with Crippen LogP contribution in [0.5, 0.6) is 5.75 Å². The summed E-state index contributed by atoms with van der Waals surface area (Å²) in [6.07, 6.45) is -4.81. The average Bonchev–Trinajstić information content (AvgIpc) is 2.59. The molecule has 0 spiro atoms. The van der Waals surface area contributed by atoms with Crippen LogP contribution in [-0.4, -0.2) is 25.4 Å². The van der Waals surface area contributed by atoms with Gasteiger partial charge in [0.1, 0.15) is 17.4 Å². The predicted octanol–water partition coefficient (Wildman–Crippen LogP) is 3.55. The second kappa shape index (κ2) is 8.38. The molecule has 1 aliphatic rings. The number of esters is 1. The predicted molar refractivity (Wildman–Crippen MR) is 87.9 cm³/mol. The third kappa shape index (κ3) is 4.77. The van der Waals surface area contributed by atoms with Crippen molar-refractivity contribution in [3.63, 3.8) is 0 Å². The first-order valence-electron chi connectivity index (χ1n) is 8.14. The molecule has 0 amide bonds. The van der Waals surface area contributed by atoms with Crippen molar-refractivity contribution in [2.75, 3.05) is 13.2 Å². The van der Waals surface area contributed by atoms with Gasteiger partial charge in [-0.15, -0.1) is 0 Å². The van der Waals surface area contributed by atoms with Crippen molar-refractivity contribution in [3.05, 3.63) is 52.1 Å². The van der Waals surface area contributed by atoms with Gasteiger partial charge in [-0.05, 0) is 31.5 Å². The number of carbonyl (C=O) groups is 1. The van der Waals surface area contributed by atoms with Gasteiger partial charge < -0.3 is 19.9 Å². The van der Waals surface area contributed by atoms with Crippen molar-refractivity contribution in [2.24, 2.45) is 5.73 Å². The molecule has 1 heterocycles. The van der Waals surface area contributed by atoms with Crippen LogP contribution in [0, 0.1) is 23.0 Å². The Morgan fingerprint density at radius 2 is 1.90 bits per heavy atom. The van der Waals surface area contributed by atoms with Crippen molar-refractivity contribution in [1.29, 1.82) is 5.26 Å². The minimum absolute atomic E-state index is 0.0314. The van der Waals surface area contributed by atoms with Gasteiger partial charge in [0.25, 0.3) is 0 Å². The summed E-state index contributed by atoms with van der Waals surface area (Å²) < 4.78 is 79.7. The molecule has 2 rings (SSSR count). The standard InChI is InChI=1S/C18H15F5N2O4/c1-3-27-17(26)13-8(2)29-16(25)10(6-24)14(13)9-4-11(19)15(12(20)5-9)28-7-18(21,22)23/h4-5,14H,3,7,25H2,1-2H3. The fourth-order valence-electron chi connectivity index (χ4n) is 2.73. The summed E-state index contributed by atoms with van der Waals surface area (Å²) in [5.41, 5.74) is 4.86. The van der Waals surface area contributed by atoms with Crippen molar-refractivity contribution < 1.29 is 41.0 Å². The van der Waals surface area contributed by atoms with E-state index < -0.39 is 42.1 Å². The Morgan fingerprint density at radius 3 is 2.38 bits per heavy atom. The molecule has 0 bridgehead atoms. The van der Waals surface area contributed by atoms with E-state index in [1.165, 1.54) is 13.8 Å². The Bertz CT molecular complexity index is 908. The average molecular weight is 418 g/mol. The Labute approximate surface area is 161 Å². The number of benzene rings is 1. The molecular weight excluding hydrogens is 403 g/mol. The Kier molecular flexibility index (Phi) is 6.36. The lowest BCUT2D eigenvalue weighted by Gasteiger charge is -2.27.